The number of carbonyl (C=O) groups is 1. The molecule has 8 nitrogen and oxygen atoms in total. The Morgan fingerprint density at radius 1 is 1.52 bits per heavy atom. The molecule has 8 heteroatoms. The van der Waals surface area contributed by atoms with Crippen LogP contribution in [0.15, 0.2) is 16.9 Å². The van der Waals surface area contributed by atoms with Gasteiger partial charge >= 0.3 is 6.03 Å². The summed E-state index contributed by atoms with van der Waals surface area (Å²) in [5, 5.41) is 6.97. The molecule has 3 heterocycles. The third-order valence-electron chi connectivity index (χ3n) is 4.76. The Labute approximate surface area is 147 Å². The van der Waals surface area contributed by atoms with E-state index < -0.39 is 0 Å². The number of nitrogens with one attached hydrogen (secondary N) is 1. The van der Waals surface area contributed by atoms with Crippen LogP contribution < -0.4 is 5.32 Å². The van der Waals surface area contributed by atoms with Crippen molar-refractivity contribution in [1.29, 1.82) is 0 Å². The number of urea groups is 1. The molecule has 0 aliphatic carbocycles. The number of aromatic nitrogens is 4. The molecule has 1 saturated heterocycles. The molecular weight excluding hydrogens is 320 g/mol. The minimum Gasteiger partial charge on any atom is -0.340 e. The van der Waals surface area contributed by atoms with Gasteiger partial charge in [0.25, 0.3) is 0 Å². The van der Waals surface area contributed by atoms with Crippen molar-refractivity contribution in [3.05, 3.63) is 29.9 Å². The van der Waals surface area contributed by atoms with Crippen LogP contribution in [0.25, 0.3) is 0 Å². The van der Waals surface area contributed by atoms with Crippen LogP contribution in [-0.2, 0) is 13.5 Å². The quantitative estimate of drug-likeness (QED) is 0.897. The fraction of sp³-hybridized carbons (Fsp3) is 0.647. The smallest absolute Gasteiger partial charge is 0.317 e. The molecular formula is C17H26N6O2. The first-order chi connectivity index (χ1) is 12.1. The van der Waals surface area contributed by atoms with Crippen molar-refractivity contribution in [2.75, 3.05) is 13.1 Å². The summed E-state index contributed by atoms with van der Waals surface area (Å²) in [6.07, 6.45) is 7.53. The number of aryl methyl sites for hydroxylation is 2. The molecule has 25 heavy (non-hydrogen) atoms. The number of nitrogens with zero attached hydrogens (tertiary/aromatic N) is 5. The van der Waals surface area contributed by atoms with Crippen molar-refractivity contribution in [3.8, 4) is 0 Å². The standard InChI is InChI=1S/C17H26N6O2/c1-4-14(16-19-12(2)25-21-16)20-17(24)23-8-5-6-13(11-23)10-15-18-7-9-22(15)3/h7,9,13-14H,4-6,8,10-11H2,1-3H3,(H,20,24)/t13-,14-/m1/s1. The van der Waals surface area contributed by atoms with Crippen LogP contribution in [0.2, 0.25) is 0 Å². The van der Waals surface area contributed by atoms with E-state index in [1.807, 2.05) is 35.8 Å². The number of carbonyl (C=O) groups excluding carboxylic acids is 1. The summed E-state index contributed by atoms with van der Waals surface area (Å²) in [7, 11) is 2.01. The zero-order valence-corrected chi connectivity index (χ0v) is 15.1. The van der Waals surface area contributed by atoms with Crippen LogP contribution in [0.3, 0.4) is 0 Å². The maximum Gasteiger partial charge on any atom is 0.317 e. The molecule has 136 valence electrons. The first-order valence-electron chi connectivity index (χ1n) is 8.88. The summed E-state index contributed by atoms with van der Waals surface area (Å²) < 4.78 is 7.07. The van der Waals surface area contributed by atoms with E-state index in [4.69, 9.17) is 4.52 Å². The summed E-state index contributed by atoms with van der Waals surface area (Å²) >= 11 is 0. The second-order valence-corrected chi connectivity index (χ2v) is 6.69. The van der Waals surface area contributed by atoms with Crippen molar-refractivity contribution in [2.24, 2.45) is 13.0 Å². The lowest BCUT2D eigenvalue weighted by Gasteiger charge is -2.33. The molecule has 0 aromatic carbocycles. The topological polar surface area (TPSA) is 89.1 Å². The zero-order valence-electron chi connectivity index (χ0n) is 15.1. The van der Waals surface area contributed by atoms with Gasteiger partial charge in [-0.15, -0.1) is 0 Å². The molecule has 1 aliphatic rings. The van der Waals surface area contributed by atoms with Gasteiger partial charge in [0.15, 0.2) is 5.82 Å². The van der Waals surface area contributed by atoms with Crippen LogP contribution in [0.5, 0.6) is 0 Å². The predicted octanol–water partition coefficient (Wildman–Crippen LogP) is 2.23. The Balaban J connectivity index is 1.58. The summed E-state index contributed by atoms with van der Waals surface area (Å²) in [5.41, 5.74) is 0. The molecule has 3 rings (SSSR count). The van der Waals surface area contributed by atoms with E-state index >= 15 is 0 Å². The number of rotatable bonds is 5. The molecule has 1 aliphatic heterocycles. The van der Waals surface area contributed by atoms with E-state index in [9.17, 15) is 4.79 Å². The van der Waals surface area contributed by atoms with E-state index in [2.05, 4.69) is 20.4 Å². The highest BCUT2D eigenvalue weighted by Gasteiger charge is 2.27. The molecule has 2 atom stereocenters. The van der Waals surface area contributed by atoms with Gasteiger partial charge in [0.1, 0.15) is 5.82 Å². The fourth-order valence-corrected chi connectivity index (χ4v) is 3.31. The van der Waals surface area contributed by atoms with Gasteiger partial charge < -0.3 is 19.3 Å². The molecule has 2 aromatic rings. The van der Waals surface area contributed by atoms with Crippen molar-refractivity contribution >= 4 is 6.03 Å². The Hall–Kier alpha value is -2.38. The van der Waals surface area contributed by atoms with Crippen LogP contribution in [0.1, 0.15) is 49.8 Å². The molecule has 1 fully saturated rings. The van der Waals surface area contributed by atoms with E-state index in [0.29, 0.717) is 17.6 Å². The molecule has 2 aromatic heterocycles. The average Bonchev–Trinajstić information content (AvgIpc) is 3.21. The number of hydrogen-bond donors (Lipinski definition) is 1. The van der Waals surface area contributed by atoms with E-state index in [-0.39, 0.29) is 12.1 Å². The summed E-state index contributed by atoms with van der Waals surface area (Å²) in [5.74, 6) is 2.56. The van der Waals surface area contributed by atoms with Crippen LogP contribution >= 0.6 is 0 Å². The fourth-order valence-electron chi connectivity index (χ4n) is 3.31. The monoisotopic (exact) mass is 346 g/mol. The molecule has 0 saturated carbocycles. The Morgan fingerprint density at radius 3 is 3.00 bits per heavy atom. The number of likely N-dealkylation sites (tertiary alicyclic amines) is 1. The average molecular weight is 346 g/mol. The third-order valence-corrected chi connectivity index (χ3v) is 4.76. The maximum atomic E-state index is 12.7. The molecule has 0 unspecified atom stereocenters. The maximum absolute atomic E-state index is 12.7. The van der Waals surface area contributed by atoms with Crippen LogP contribution in [0, 0.1) is 12.8 Å². The van der Waals surface area contributed by atoms with E-state index in [1.165, 1.54) is 0 Å². The number of piperidine rings is 1. The van der Waals surface area contributed by atoms with Crippen LogP contribution in [0.4, 0.5) is 4.79 Å². The highest BCUT2D eigenvalue weighted by molar-refractivity contribution is 5.74. The Kier molecular flexibility index (Phi) is 5.35. The van der Waals surface area contributed by atoms with Crippen molar-refractivity contribution in [2.45, 2.75) is 45.6 Å². The lowest BCUT2D eigenvalue weighted by atomic mass is 9.94. The molecule has 2 amide bonds. The molecule has 0 spiro atoms. The SMILES string of the molecule is CC[C@@H](NC(=O)N1CCC[C@H](Cc2nccn2C)C1)c1noc(C)n1. The Bertz CT molecular complexity index is 710. The van der Waals surface area contributed by atoms with Gasteiger partial charge in [-0.2, -0.15) is 4.98 Å². The Morgan fingerprint density at radius 2 is 2.36 bits per heavy atom. The van der Waals surface area contributed by atoms with E-state index in [1.54, 1.807) is 6.92 Å². The highest BCUT2D eigenvalue weighted by Crippen LogP contribution is 2.21. The number of imidazole rings is 1. The zero-order chi connectivity index (χ0) is 17.8. The summed E-state index contributed by atoms with van der Waals surface area (Å²) in [6, 6.07) is -0.279. The van der Waals surface area contributed by atoms with Gasteiger partial charge in [-0.3, -0.25) is 0 Å². The normalized spacial score (nSPS) is 19.0. The highest BCUT2D eigenvalue weighted by atomic mass is 16.5. The minimum absolute atomic E-state index is 0.0566. The van der Waals surface area contributed by atoms with Gasteiger partial charge in [-0.05, 0) is 25.2 Å². The van der Waals surface area contributed by atoms with Gasteiger partial charge in [0.05, 0.1) is 6.04 Å². The second kappa shape index (κ2) is 7.67. The predicted molar refractivity (Wildman–Crippen MR) is 91.8 cm³/mol. The van der Waals surface area contributed by atoms with Gasteiger partial charge in [0, 0.05) is 45.9 Å². The van der Waals surface area contributed by atoms with Gasteiger partial charge in [-0.1, -0.05) is 12.1 Å². The first-order valence-corrected chi connectivity index (χ1v) is 8.88. The molecule has 0 radical (unpaired) electrons. The lowest BCUT2D eigenvalue weighted by molar-refractivity contribution is 0.160. The molecule has 1 N–H and O–H groups in total. The lowest BCUT2D eigenvalue weighted by Crippen LogP contribution is -2.47. The third kappa shape index (κ3) is 4.18. The minimum atomic E-state index is -0.222. The van der Waals surface area contributed by atoms with Crippen LogP contribution in [-0.4, -0.2) is 43.7 Å². The van der Waals surface area contributed by atoms with Gasteiger partial charge in [0.2, 0.25) is 5.89 Å². The summed E-state index contributed by atoms with van der Waals surface area (Å²) in [4.78, 5) is 23.2. The summed E-state index contributed by atoms with van der Waals surface area (Å²) in [6.45, 7) is 5.28. The molecule has 0 bridgehead atoms. The van der Waals surface area contributed by atoms with Crippen molar-refractivity contribution in [1.82, 2.24) is 29.9 Å². The number of amides is 2. The van der Waals surface area contributed by atoms with Crippen molar-refractivity contribution < 1.29 is 9.32 Å². The number of hydrogen-bond acceptors (Lipinski definition) is 5. The van der Waals surface area contributed by atoms with E-state index in [0.717, 1.165) is 44.6 Å². The van der Waals surface area contributed by atoms with Gasteiger partial charge in [-0.25, -0.2) is 9.78 Å². The second-order valence-electron chi connectivity index (χ2n) is 6.69. The largest absolute Gasteiger partial charge is 0.340 e. The first kappa shape index (κ1) is 17.4. The van der Waals surface area contributed by atoms with Crippen molar-refractivity contribution in [3.63, 3.8) is 0 Å².